The Bertz CT molecular complexity index is 1540. The number of rotatable bonds is 5. The van der Waals surface area contributed by atoms with Gasteiger partial charge < -0.3 is 0 Å². The first kappa shape index (κ1) is 21.2. The van der Waals surface area contributed by atoms with Crippen molar-refractivity contribution in [3.63, 3.8) is 0 Å². The molecule has 4 nitrogen and oxygen atoms in total. The van der Waals surface area contributed by atoms with Gasteiger partial charge in [-0.25, -0.2) is 13.4 Å². The summed E-state index contributed by atoms with van der Waals surface area (Å²) >= 11 is 6.36. The van der Waals surface area contributed by atoms with Crippen molar-refractivity contribution in [1.82, 2.24) is 4.98 Å². The molecule has 0 atom stereocenters. The van der Waals surface area contributed by atoms with Crippen molar-refractivity contribution in [2.24, 2.45) is 0 Å². The van der Waals surface area contributed by atoms with E-state index in [0.29, 0.717) is 16.1 Å². The monoisotopic (exact) mass is 470 g/mol. The van der Waals surface area contributed by atoms with Gasteiger partial charge in [-0.3, -0.25) is 4.72 Å². The second-order valence-corrected chi connectivity index (χ2v) is 9.64. The number of fused-ring (bicyclic) bond motifs is 1. The summed E-state index contributed by atoms with van der Waals surface area (Å²) in [7, 11) is -3.86. The van der Waals surface area contributed by atoms with Crippen LogP contribution in [0, 0.1) is 0 Å². The van der Waals surface area contributed by atoms with E-state index in [9.17, 15) is 8.42 Å². The summed E-state index contributed by atoms with van der Waals surface area (Å²) in [5.74, 6) is 0.263. The van der Waals surface area contributed by atoms with Crippen molar-refractivity contribution in [3.8, 4) is 22.3 Å². The number of sulfonamides is 1. The Balaban J connectivity index is 1.85. The van der Waals surface area contributed by atoms with Gasteiger partial charge in [0, 0.05) is 21.5 Å². The molecule has 5 rings (SSSR count). The van der Waals surface area contributed by atoms with Gasteiger partial charge in [-0.15, -0.1) is 0 Å². The molecule has 0 unspecified atom stereocenters. The molecule has 0 saturated heterocycles. The zero-order chi connectivity index (χ0) is 22.8. The molecule has 0 aliphatic heterocycles. The Morgan fingerprint density at radius 3 is 1.82 bits per heavy atom. The van der Waals surface area contributed by atoms with Gasteiger partial charge in [0.2, 0.25) is 0 Å². The van der Waals surface area contributed by atoms with Crippen LogP contribution in [-0.4, -0.2) is 13.4 Å². The summed E-state index contributed by atoms with van der Waals surface area (Å²) in [4.78, 5) is 4.91. The number of benzene rings is 4. The van der Waals surface area contributed by atoms with Crippen LogP contribution >= 0.6 is 11.6 Å². The van der Waals surface area contributed by atoms with Crippen LogP contribution in [0.25, 0.3) is 33.2 Å². The topological polar surface area (TPSA) is 59.1 Å². The number of halogens is 1. The van der Waals surface area contributed by atoms with E-state index >= 15 is 0 Å². The van der Waals surface area contributed by atoms with Gasteiger partial charge in [-0.2, -0.15) is 0 Å². The maximum Gasteiger partial charge on any atom is 0.263 e. The van der Waals surface area contributed by atoms with Crippen molar-refractivity contribution in [2.45, 2.75) is 4.90 Å². The molecule has 0 aliphatic rings. The molecule has 0 spiro atoms. The van der Waals surface area contributed by atoms with Crippen LogP contribution in [-0.2, 0) is 10.0 Å². The Labute approximate surface area is 197 Å². The SMILES string of the molecule is O=S(=O)(Nc1nc2ccc(Cl)cc2c(-c2ccccc2)c1-c1ccccc1)c1ccccc1. The summed E-state index contributed by atoms with van der Waals surface area (Å²) in [6.45, 7) is 0. The first-order valence-corrected chi connectivity index (χ1v) is 12.2. The lowest BCUT2D eigenvalue weighted by molar-refractivity contribution is 0.601. The van der Waals surface area contributed by atoms with Crippen LogP contribution in [0.15, 0.2) is 114 Å². The molecule has 162 valence electrons. The summed E-state index contributed by atoms with van der Waals surface area (Å²) in [6, 6.07) is 33.2. The zero-order valence-electron chi connectivity index (χ0n) is 17.4. The van der Waals surface area contributed by atoms with Crippen LogP contribution in [0.3, 0.4) is 0 Å². The van der Waals surface area contributed by atoms with E-state index < -0.39 is 10.0 Å². The van der Waals surface area contributed by atoms with E-state index in [1.54, 1.807) is 42.5 Å². The first-order valence-electron chi connectivity index (χ1n) is 10.3. The quantitative estimate of drug-likeness (QED) is 0.300. The van der Waals surface area contributed by atoms with E-state index in [1.807, 2.05) is 66.7 Å². The van der Waals surface area contributed by atoms with Gasteiger partial charge in [0.1, 0.15) is 5.82 Å². The zero-order valence-corrected chi connectivity index (χ0v) is 19.0. The average molecular weight is 471 g/mol. The molecule has 0 fully saturated rings. The highest BCUT2D eigenvalue weighted by Gasteiger charge is 2.23. The largest absolute Gasteiger partial charge is 0.263 e. The summed E-state index contributed by atoms with van der Waals surface area (Å²) in [6.07, 6.45) is 0. The fourth-order valence-corrected chi connectivity index (χ4v) is 5.09. The van der Waals surface area contributed by atoms with Crippen molar-refractivity contribution in [1.29, 1.82) is 0 Å². The minimum Gasteiger partial charge on any atom is -0.263 e. The number of pyridine rings is 1. The smallest absolute Gasteiger partial charge is 0.263 e. The van der Waals surface area contributed by atoms with Crippen LogP contribution in [0.4, 0.5) is 5.82 Å². The molecule has 1 N–H and O–H groups in total. The molecule has 0 aliphatic carbocycles. The van der Waals surface area contributed by atoms with Gasteiger partial charge in [-0.1, -0.05) is 90.5 Å². The average Bonchev–Trinajstić information content (AvgIpc) is 2.85. The molecule has 0 radical (unpaired) electrons. The maximum absolute atomic E-state index is 13.3. The Kier molecular flexibility index (Phi) is 5.58. The van der Waals surface area contributed by atoms with Crippen molar-refractivity contribution >= 4 is 38.3 Å². The van der Waals surface area contributed by atoms with Gasteiger partial charge in [0.25, 0.3) is 10.0 Å². The molecule has 33 heavy (non-hydrogen) atoms. The van der Waals surface area contributed by atoms with Crippen LogP contribution in [0.1, 0.15) is 0 Å². The normalized spacial score (nSPS) is 11.4. The molecule has 1 heterocycles. The van der Waals surface area contributed by atoms with Crippen molar-refractivity contribution in [3.05, 3.63) is 114 Å². The Hall–Kier alpha value is -3.67. The third-order valence-corrected chi connectivity index (χ3v) is 6.95. The molecule has 0 saturated carbocycles. The molecule has 6 heteroatoms. The molecular weight excluding hydrogens is 452 g/mol. The summed E-state index contributed by atoms with van der Waals surface area (Å²) < 4.78 is 29.2. The number of hydrogen-bond acceptors (Lipinski definition) is 3. The lowest BCUT2D eigenvalue weighted by Crippen LogP contribution is -2.15. The van der Waals surface area contributed by atoms with Gasteiger partial charge >= 0.3 is 0 Å². The van der Waals surface area contributed by atoms with Gasteiger partial charge in [0.15, 0.2) is 0 Å². The Morgan fingerprint density at radius 2 is 1.21 bits per heavy atom. The second-order valence-electron chi connectivity index (χ2n) is 7.52. The van der Waals surface area contributed by atoms with Gasteiger partial charge in [-0.05, 0) is 41.5 Å². The fourth-order valence-electron chi connectivity index (χ4n) is 3.89. The molecule has 0 amide bonds. The maximum atomic E-state index is 13.3. The molecule has 0 bridgehead atoms. The molecular formula is C27H19ClN2O2S. The molecule has 1 aromatic heterocycles. The predicted octanol–water partition coefficient (Wildman–Crippen LogP) is 7.02. The number of nitrogens with zero attached hydrogens (tertiary/aromatic N) is 1. The predicted molar refractivity (Wildman–Crippen MR) is 135 cm³/mol. The number of aromatic nitrogens is 1. The lowest BCUT2D eigenvalue weighted by Gasteiger charge is -2.19. The lowest BCUT2D eigenvalue weighted by atomic mass is 9.92. The third kappa shape index (κ3) is 4.21. The molecule has 5 aromatic rings. The van der Waals surface area contributed by atoms with E-state index in [1.165, 1.54) is 0 Å². The second kappa shape index (κ2) is 8.70. The highest BCUT2D eigenvalue weighted by molar-refractivity contribution is 7.92. The highest BCUT2D eigenvalue weighted by atomic mass is 35.5. The van der Waals surface area contributed by atoms with Crippen molar-refractivity contribution in [2.75, 3.05) is 4.72 Å². The summed E-state index contributed by atoms with van der Waals surface area (Å²) in [5, 5.41) is 1.42. The minimum atomic E-state index is -3.86. The van der Waals surface area contributed by atoms with E-state index in [4.69, 9.17) is 16.6 Å². The highest BCUT2D eigenvalue weighted by Crippen LogP contribution is 2.42. The summed E-state index contributed by atoms with van der Waals surface area (Å²) in [5.41, 5.74) is 3.97. The minimum absolute atomic E-state index is 0.170. The number of hydrogen-bond donors (Lipinski definition) is 1. The molecule has 4 aromatic carbocycles. The third-order valence-electron chi connectivity index (χ3n) is 5.36. The van der Waals surface area contributed by atoms with Crippen molar-refractivity contribution < 1.29 is 8.42 Å². The number of anilines is 1. The van der Waals surface area contributed by atoms with Crippen LogP contribution < -0.4 is 4.72 Å². The van der Waals surface area contributed by atoms with Crippen LogP contribution in [0.5, 0.6) is 0 Å². The van der Waals surface area contributed by atoms with E-state index in [-0.39, 0.29) is 10.7 Å². The Morgan fingerprint density at radius 1 is 0.667 bits per heavy atom. The van der Waals surface area contributed by atoms with Gasteiger partial charge in [0.05, 0.1) is 10.4 Å². The number of nitrogens with one attached hydrogen (secondary N) is 1. The standard InChI is InChI=1S/C27H19ClN2O2S/c28-21-16-17-24-23(18-21)25(19-10-4-1-5-11-19)26(20-12-6-2-7-13-20)27(29-24)30-33(31,32)22-14-8-3-9-15-22/h1-18H,(H,29,30). The van der Waals surface area contributed by atoms with Crippen LogP contribution in [0.2, 0.25) is 5.02 Å². The van der Waals surface area contributed by atoms with E-state index in [2.05, 4.69) is 4.72 Å². The van der Waals surface area contributed by atoms with E-state index in [0.717, 1.165) is 22.1 Å². The first-order chi connectivity index (χ1) is 16.0. The fraction of sp³-hybridized carbons (Fsp3) is 0.